The molecular weight excluding hydrogens is 297 g/mol. The molecule has 0 unspecified atom stereocenters. The van der Waals surface area contributed by atoms with E-state index in [2.05, 4.69) is 9.88 Å². The smallest absolute Gasteiger partial charge is 0.248 e. The van der Waals surface area contributed by atoms with Gasteiger partial charge in [0.2, 0.25) is 11.5 Å². The highest BCUT2D eigenvalue weighted by molar-refractivity contribution is 5.79. The van der Waals surface area contributed by atoms with Gasteiger partial charge in [-0.2, -0.15) is 0 Å². The lowest BCUT2D eigenvalue weighted by atomic mass is 10.1. The second-order valence-corrected chi connectivity index (χ2v) is 5.58. The van der Waals surface area contributed by atoms with Crippen molar-refractivity contribution < 1.29 is 9.18 Å². The molecule has 0 bridgehead atoms. The number of anilines is 1. The van der Waals surface area contributed by atoms with Crippen molar-refractivity contribution in [2.75, 3.05) is 31.1 Å². The van der Waals surface area contributed by atoms with E-state index < -0.39 is 0 Å². The summed E-state index contributed by atoms with van der Waals surface area (Å²) < 4.78 is 12.9. The molecule has 1 saturated heterocycles. The van der Waals surface area contributed by atoms with Gasteiger partial charge in [0.25, 0.3) is 0 Å². The number of carbonyl (C=O) groups excluding carboxylic acids is 1. The predicted octanol–water partition coefficient (Wildman–Crippen LogP) is 1.41. The number of H-pyrrole nitrogens is 1. The van der Waals surface area contributed by atoms with E-state index in [0.29, 0.717) is 19.5 Å². The maximum Gasteiger partial charge on any atom is 0.248 e. The summed E-state index contributed by atoms with van der Waals surface area (Å²) in [5, 5.41) is 0. The minimum Gasteiger partial charge on any atom is -0.367 e. The van der Waals surface area contributed by atoms with Crippen molar-refractivity contribution in [3.8, 4) is 0 Å². The van der Waals surface area contributed by atoms with Gasteiger partial charge in [-0.25, -0.2) is 4.39 Å². The molecule has 1 aliphatic rings. The molecule has 1 aromatic heterocycles. The Kier molecular flexibility index (Phi) is 4.41. The van der Waals surface area contributed by atoms with Crippen molar-refractivity contribution in [2.24, 2.45) is 0 Å². The lowest BCUT2D eigenvalue weighted by Crippen LogP contribution is -2.49. The summed E-state index contributed by atoms with van der Waals surface area (Å²) >= 11 is 0. The molecule has 2 aromatic rings. The average molecular weight is 315 g/mol. The molecule has 23 heavy (non-hydrogen) atoms. The monoisotopic (exact) mass is 315 g/mol. The number of aromatic amines is 1. The van der Waals surface area contributed by atoms with Gasteiger partial charge in [0.1, 0.15) is 5.82 Å². The lowest BCUT2D eigenvalue weighted by molar-refractivity contribution is -0.130. The van der Waals surface area contributed by atoms with Gasteiger partial charge >= 0.3 is 0 Å². The molecule has 1 amide bonds. The highest BCUT2D eigenvalue weighted by atomic mass is 19.1. The standard InChI is InChI=1S/C17H18FN3O2/c18-14-3-1-13(2-4-14)11-17(23)21-9-7-20(8-10-21)15-5-6-16(22)19-12-15/h1-6,12H,7-11H2,(H,19,22). The second-order valence-electron chi connectivity index (χ2n) is 5.58. The van der Waals surface area contributed by atoms with Crippen molar-refractivity contribution in [3.63, 3.8) is 0 Å². The number of hydrogen-bond donors (Lipinski definition) is 1. The van der Waals surface area contributed by atoms with Crippen LogP contribution in [0, 0.1) is 5.82 Å². The molecule has 5 nitrogen and oxygen atoms in total. The summed E-state index contributed by atoms with van der Waals surface area (Å²) in [5.41, 5.74) is 1.65. The SMILES string of the molecule is O=C(Cc1ccc(F)cc1)N1CCN(c2ccc(=O)[nH]c2)CC1. The van der Waals surface area contributed by atoms with Crippen LogP contribution in [0.3, 0.4) is 0 Å². The topological polar surface area (TPSA) is 56.4 Å². The summed E-state index contributed by atoms with van der Waals surface area (Å²) in [4.78, 5) is 30.0. The fourth-order valence-corrected chi connectivity index (χ4v) is 2.70. The predicted molar refractivity (Wildman–Crippen MR) is 86.0 cm³/mol. The fraction of sp³-hybridized carbons (Fsp3) is 0.294. The molecule has 0 atom stereocenters. The molecule has 1 aliphatic heterocycles. The van der Waals surface area contributed by atoms with E-state index in [9.17, 15) is 14.0 Å². The number of piperazine rings is 1. The van der Waals surface area contributed by atoms with Crippen LogP contribution in [-0.2, 0) is 11.2 Å². The summed E-state index contributed by atoms with van der Waals surface area (Å²) in [5.74, 6) is -0.242. The second kappa shape index (κ2) is 6.64. The van der Waals surface area contributed by atoms with E-state index in [1.165, 1.54) is 18.2 Å². The third-order valence-corrected chi connectivity index (χ3v) is 4.03. The number of hydrogen-bond acceptors (Lipinski definition) is 3. The van der Waals surface area contributed by atoms with Crippen LogP contribution in [0.25, 0.3) is 0 Å². The third kappa shape index (κ3) is 3.77. The van der Waals surface area contributed by atoms with Crippen molar-refractivity contribution in [1.29, 1.82) is 0 Å². The van der Waals surface area contributed by atoms with E-state index in [-0.39, 0.29) is 17.3 Å². The highest BCUT2D eigenvalue weighted by Crippen LogP contribution is 2.14. The van der Waals surface area contributed by atoms with Crippen molar-refractivity contribution >= 4 is 11.6 Å². The maximum atomic E-state index is 12.9. The Morgan fingerprint density at radius 2 is 1.74 bits per heavy atom. The number of rotatable bonds is 3. The highest BCUT2D eigenvalue weighted by Gasteiger charge is 2.21. The number of nitrogens with one attached hydrogen (secondary N) is 1. The van der Waals surface area contributed by atoms with Crippen LogP contribution < -0.4 is 10.5 Å². The largest absolute Gasteiger partial charge is 0.367 e. The first-order valence-electron chi connectivity index (χ1n) is 7.58. The first kappa shape index (κ1) is 15.3. The van der Waals surface area contributed by atoms with E-state index in [0.717, 1.165) is 24.3 Å². The summed E-state index contributed by atoms with van der Waals surface area (Å²) in [6.07, 6.45) is 1.98. The molecular formula is C17H18FN3O2. The molecule has 0 spiro atoms. The fourth-order valence-electron chi connectivity index (χ4n) is 2.70. The molecule has 1 fully saturated rings. The molecule has 0 aliphatic carbocycles. The summed E-state index contributed by atoms with van der Waals surface area (Å²) in [6.45, 7) is 2.72. The summed E-state index contributed by atoms with van der Waals surface area (Å²) in [6, 6.07) is 9.32. The Labute approximate surface area is 133 Å². The Bertz CT molecular complexity index is 714. The van der Waals surface area contributed by atoms with Crippen molar-refractivity contribution in [1.82, 2.24) is 9.88 Å². The summed E-state index contributed by atoms with van der Waals surface area (Å²) in [7, 11) is 0. The van der Waals surface area contributed by atoms with E-state index >= 15 is 0 Å². The number of nitrogens with zero attached hydrogens (tertiary/aromatic N) is 2. The van der Waals surface area contributed by atoms with Gasteiger partial charge < -0.3 is 14.8 Å². The van der Waals surface area contributed by atoms with Gasteiger partial charge in [0.15, 0.2) is 0 Å². The van der Waals surface area contributed by atoms with Crippen LogP contribution in [0.1, 0.15) is 5.56 Å². The Balaban J connectivity index is 1.55. The molecule has 0 saturated carbocycles. The van der Waals surface area contributed by atoms with Gasteiger partial charge in [-0.05, 0) is 23.8 Å². The molecule has 2 heterocycles. The molecule has 120 valence electrons. The van der Waals surface area contributed by atoms with Crippen molar-refractivity contribution in [3.05, 3.63) is 64.3 Å². The zero-order chi connectivity index (χ0) is 16.2. The number of benzene rings is 1. The van der Waals surface area contributed by atoms with Gasteiger partial charge in [-0.15, -0.1) is 0 Å². The van der Waals surface area contributed by atoms with E-state index in [1.807, 2.05) is 4.90 Å². The Morgan fingerprint density at radius 3 is 2.35 bits per heavy atom. The van der Waals surface area contributed by atoms with Crippen LogP contribution >= 0.6 is 0 Å². The molecule has 6 heteroatoms. The van der Waals surface area contributed by atoms with Gasteiger partial charge in [-0.3, -0.25) is 9.59 Å². The van der Waals surface area contributed by atoms with Crippen LogP contribution in [0.15, 0.2) is 47.4 Å². The van der Waals surface area contributed by atoms with E-state index in [4.69, 9.17) is 0 Å². The van der Waals surface area contributed by atoms with Crippen LogP contribution in [0.2, 0.25) is 0 Å². The average Bonchev–Trinajstić information content (AvgIpc) is 2.58. The van der Waals surface area contributed by atoms with E-state index in [1.54, 1.807) is 24.4 Å². The number of aromatic nitrogens is 1. The molecule has 3 rings (SSSR count). The molecule has 0 radical (unpaired) electrons. The zero-order valence-electron chi connectivity index (χ0n) is 12.7. The first-order chi connectivity index (χ1) is 11.1. The minimum atomic E-state index is -0.296. The number of halogens is 1. The molecule has 1 aromatic carbocycles. The minimum absolute atomic E-state index is 0.0535. The zero-order valence-corrected chi connectivity index (χ0v) is 12.7. The van der Waals surface area contributed by atoms with Gasteiger partial charge in [0.05, 0.1) is 12.1 Å². The Morgan fingerprint density at radius 1 is 1.04 bits per heavy atom. The van der Waals surface area contributed by atoms with Gasteiger partial charge in [-0.1, -0.05) is 12.1 Å². The van der Waals surface area contributed by atoms with Gasteiger partial charge in [0, 0.05) is 38.4 Å². The number of carbonyl (C=O) groups is 1. The number of pyridine rings is 1. The van der Waals surface area contributed by atoms with Crippen LogP contribution in [0.5, 0.6) is 0 Å². The van der Waals surface area contributed by atoms with Crippen LogP contribution in [-0.4, -0.2) is 42.0 Å². The number of amides is 1. The lowest BCUT2D eigenvalue weighted by Gasteiger charge is -2.36. The maximum absolute atomic E-state index is 12.9. The Hall–Kier alpha value is -2.63. The quantitative estimate of drug-likeness (QED) is 0.931. The molecule has 1 N–H and O–H groups in total. The van der Waals surface area contributed by atoms with Crippen molar-refractivity contribution in [2.45, 2.75) is 6.42 Å². The first-order valence-corrected chi connectivity index (χ1v) is 7.58. The normalized spacial score (nSPS) is 14.8. The van der Waals surface area contributed by atoms with Crippen LogP contribution in [0.4, 0.5) is 10.1 Å². The third-order valence-electron chi connectivity index (χ3n) is 4.03.